The lowest BCUT2D eigenvalue weighted by atomic mass is 10.3. The predicted octanol–water partition coefficient (Wildman–Crippen LogP) is 0.999. The molecule has 0 saturated heterocycles. The molecule has 1 aromatic rings. The molecule has 3 N–H and O–H groups in total. The fraction of sp³-hybridized carbons (Fsp3) is 0.417. The van der Waals surface area contributed by atoms with Gasteiger partial charge in [0.2, 0.25) is 5.91 Å². The number of ether oxygens (including phenoxy) is 2. The maximum atomic E-state index is 11.5. The number of rotatable bonds is 7. The van der Waals surface area contributed by atoms with Gasteiger partial charge in [-0.15, -0.1) is 0 Å². The Labute approximate surface area is 101 Å². The van der Waals surface area contributed by atoms with Crippen molar-refractivity contribution in [1.29, 1.82) is 0 Å². The van der Waals surface area contributed by atoms with Crippen molar-refractivity contribution in [2.75, 3.05) is 32.2 Å². The molecule has 5 nitrogen and oxygen atoms in total. The third-order valence-corrected chi connectivity index (χ3v) is 2.07. The molecule has 0 fully saturated rings. The Hall–Kier alpha value is -1.59. The summed E-state index contributed by atoms with van der Waals surface area (Å²) in [6, 6.07) is 7.26. The van der Waals surface area contributed by atoms with Gasteiger partial charge in [0.1, 0.15) is 12.4 Å². The third kappa shape index (κ3) is 4.84. The molecule has 5 heteroatoms. The molecule has 94 valence electrons. The zero-order chi connectivity index (χ0) is 12.5. The SMILES string of the molecule is COCCC(=O)Nc1ccccc1OCCN. The molecule has 1 aromatic carbocycles. The highest BCUT2D eigenvalue weighted by atomic mass is 16.5. The third-order valence-electron chi connectivity index (χ3n) is 2.07. The second kappa shape index (κ2) is 7.65. The summed E-state index contributed by atoms with van der Waals surface area (Å²) >= 11 is 0. The number of nitrogens with two attached hydrogens (primary N) is 1. The van der Waals surface area contributed by atoms with Crippen molar-refractivity contribution in [3.8, 4) is 5.75 Å². The Morgan fingerprint density at radius 2 is 2.12 bits per heavy atom. The van der Waals surface area contributed by atoms with E-state index in [0.717, 1.165) is 0 Å². The quantitative estimate of drug-likeness (QED) is 0.743. The summed E-state index contributed by atoms with van der Waals surface area (Å²) in [7, 11) is 1.56. The Kier molecular flexibility index (Phi) is 6.06. The number of hydrogen-bond acceptors (Lipinski definition) is 4. The van der Waals surface area contributed by atoms with Crippen LogP contribution in [0.3, 0.4) is 0 Å². The molecule has 0 spiro atoms. The van der Waals surface area contributed by atoms with E-state index in [1.807, 2.05) is 12.1 Å². The van der Waals surface area contributed by atoms with Crippen molar-refractivity contribution in [3.05, 3.63) is 24.3 Å². The minimum atomic E-state index is -0.101. The molecule has 0 heterocycles. The summed E-state index contributed by atoms with van der Waals surface area (Å²) in [6.07, 6.45) is 0.321. The molecule has 0 aromatic heterocycles. The summed E-state index contributed by atoms with van der Waals surface area (Å²) in [6.45, 7) is 1.26. The molecule has 0 aliphatic rings. The van der Waals surface area contributed by atoms with E-state index in [-0.39, 0.29) is 5.91 Å². The van der Waals surface area contributed by atoms with Gasteiger partial charge >= 0.3 is 0 Å². The lowest BCUT2D eigenvalue weighted by molar-refractivity contribution is -0.117. The molecule has 1 amide bonds. The van der Waals surface area contributed by atoms with Crippen molar-refractivity contribution in [1.82, 2.24) is 0 Å². The highest BCUT2D eigenvalue weighted by Gasteiger charge is 2.06. The molecular weight excluding hydrogens is 220 g/mol. The molecule has 0 aliphatic carbocycles. The molecule has 1 rings (SSSR count). The van der Waals surface area contributed by atoms with E-state index >= 15 is 0 Å². The average Bonchev–Trinajstić information content (AvgIpc) is 2.35. The number of hydrogen-bond donors (Lipinski definition) is 2. The van der Waals surface area contributed by atoms with Crippen LogP contribution in [0.2, 0.25) is 0 Å². The van der Waals surface area contributed by atoms with Crippen LogP contribution in [-0.2, 0) is 9.53 Å². The molecule has 0 aliphatic heterocycles. The lowest BCUT2D eigenvalue weighted by Crippen LogP contribution is -2.16. The Morgan fingerprint density at radius 1 is 1.35 bits per heavy atom. The first kappa shape index (κ1) is 13.5. The van der Waals surface area contributed by atoms with Gasteiger partial charge in [0, 0.05) is 13.7 Å². The van der Waals surface area contributed by atoms with Crippen molar-refractivity contribution < 1.29 is 14.3 Å². The van der Waals surface area contributed by atoms with E-state index < -0.39 is 0 Å². The standard InChI is InChI=1S/C12H18N2O3/c1-16-8-6-12(15)14-10-4-2-3-5-11(10)17-9-7-13/h2-5H,6-9,13H2,1H3,(H,14,15). The predicted molar refractivity (Wildman–Crippen MR) is 66.1 cm³/mol. The van der Waals surface area contributed by atoms with Crippen LogP contribution in [0.15, 0.2) is 24.3 Å². The van der Waals surface area contributed by atoms with E-state index in [2.05, 4.69) is 5.32 Å². The summed E-state index contributed by atoms with van der Waals surface area (Å²) in [5.41, 5.74) is 6.02. The molecular formula is C12H18N2O3. The fourth-order valence-corrected chi connectivity index (χ4v) is 1.27. The second-order valence-corrected chi connectivity index (χ2v) is 3.42. The molecule has 0 unspecified atom stereocenters. The topological polar surface area (TPSA) is 73.6 Å². The van der Waals surface area contributed by atoms with E-state index in [1.165, 1.54) is 0 Å². The number of carbonyl (C=O) groups is 1. The van der Waals surface area contributed by atoms with Gasteiger partial charge in [-0.05, 0) is 12.1 Å². The van der Waals surface area contributed by atoms with Crippen molar-refractivity contribution in [2.45, 2.75) is 6.42 Å². The number of nitrogens with one attached hydrogen (secondary N) is 1. The van der Waals surface area contributed by atoms with Crippen molar-refractivity contribution in [2.24, 2.45) is 5.73 Å². The number of para-hydroxylation sites is 2. The number of benzene rings is 1. The molecule has 0 bridgehead atoms. The normalized spacial score (nSPS) is 10.0. The van der Waals surface area contributed by atoms with Crippen LogP contribution in [-0.4, -0.2) is 32.8 Å². The van der Waals surface area contributed by atoms with Gasteiger partial charge in [-0.1, -0.05) is 12.1 Å². The molecule has 0 radical (unpaired) electrons. The zero-order valence-electron chi connectivity index (χ0n) is 9.94. The zero-order valence-corrected chi connectivity index (χ0v) is 9.94. The summed E-state index contributed by atoms with van der Waals surface area (Å²) < 4.78 is 10.3. The summed E-state index contributed by atoms with van der Waals surface area (Å²) in [5.74, 6) is 0.527. The van der Waals surface area contributed by atoms with Crippen LogP contribution in [0.4, 0.5) is 5.69 Å². The van der Waals surface area contributed by atoms with Gasteiger partial charge in [0.05, 0.1) is 18.7 Å². The first-order chi connectivity index (χ1) is 8.27. The highest BCUT2D eigenvalue weighted by Crippen LogP contribution is 2.23. The van der Waals surface area contributed by atoms with E-state index in [0.29, 0.717) is 37.6 Å². The summed E-state index contributed by atoms with van der Waals surface area (Å²) in [5, 5.41) is 2.77. The van der Waals surface area contributed by atoms with E-state index in [9.17, 15) is 4.79 Å². The Bertz CT molecular complexity index is 355. The van der Waals surface area contributed by atoms with Gasteiger partial charge in [0.15, 0.2) is 0 Å². The van der Waals surface area contributed by atoms with Crippen molar-refractivity contribution >= 4 is 11.6 Å². The monoisotopic (exact) mass is 238 g/mol. The minimum absolute atomic E-state index is 0.101. The van der Waals surface area contributed by atoms with Crippen LogP contribution >= 0.6 is 0 Å². The largest absolute Gasteiger partial charge is 0.490 e. The van der Waals surface area contributed by atoms with Crippen LogP contribution < -0.4 is 15.8 Å². The van der Waals surface area contributed by atoms with Gasteiger partial charge < -0.3 is 20.5 Å². The Balaban J connectivity index is 2.59. The number of amides is 1. The molecule has 0 atom stereocenters. The van der Waals surface area contributed by atoms with Crippen LogP contribution in [0.1, 0.15) is 6.42 Å². The Morgan fingerprint density at radius 3 is 2.82 bits per heavy atom. The van der Waals surface area contributed by atoms with Crippen LogP contribution in [0.5, 0.6) is 5.75 Å². The summed E-state index contributed by atoms with van der Waals surface area (Å²) in [4.78, 5) is 11.5. The second-order valence-electron chi connectivity index (χ2n) is 3.42. The highest BCUT2D eigenvalue weighted by molar-refractivity contribution is 5.92. The smallest absolute Gasteiger partial charge is 0.226 e. The van der Waals surface area contributed by atoms with E-state index in [1.54, 1.807) is 19.2 Å². The van der Waals surface area contributed by atoms with E-state index in [4.69, 9.17) is 15.2 Å². The van der Waals surface area contributed by atoms with Crippen molar-refractivity contribution in [3.63, 3.8) is 0 Å². The first-order valence-corrected chi connectivity index (χ1v) is 5.48. The fourth-order valence-electron chi connectivity index (χ4n) is 1.27. The van der Waals surface area contributed by atoms with Gasteiger partial charge in [-0.25, -0.2) is 0 Å². The van der Waals surface area contributed by atoms with Crippen LogP contribution in [0.25, 0.3) is 0 Å². The number of methoxy groups -OCH3 is 1. The molecule has 0 saturated carbocycles. The molecule has 17 heavy (non-hydrogen) atoms. The average molecular weight is 238 g/mol. The van der Waals surface area contributed by atoms with Gasteiger partial charge in [-0.2, -0.15) is 0 Å². The van der Waals surface area contributed by atoms with Crippen LogP contribution in [0, 0.1) is 0 Å². The maximum Gasteiger partial charge on any atom is 0.226 e. The van der Waals surface area contributed by atoms with Gasteiger partial charge in [-0.3, -0.25) is 4.79 Å². The lowest BCUT2D eigenvalue weighted by Gasteiger charge is -2.11. The minimum Gasteiger partial charge on any atom is -0.490 e. The maximum absolute atomic E-state index is 11.5. The van der Waals surface area contributed by atoms with Gasteiger partial charge in [0.25, 0.3) is 0 Å². The number of anilines is 1. The number of carbonyl (C=O) groups excluding carboxylic acids is 1. The first-order valence-electron chi connectivity index (χ1n) is 5.48.